The lowest BCUT2D eigenvalue weighted by atomic mass is 10.1. The predicted molar refractivity (Wildman–Crippen MR) is 68.9 cm³/mol. The molecule has 0 spiro atoms. The molecule has 0 bridgehead atoms. The summed E-state index contributed by atoms with van der Waals surface area (Å²) in [5.41, 5.74) is 9.61. The van der Waals surface area contributed by atoms with E-state index in [2.05, 4.69) is 5.32 Å². The Morgan fingerprint density at radius 2 is 2.24 bits per heavy atom. The van der Waals surface area contributed by atoms with Crippen LogP contribution in [0.5, 0.6) is 0 Å². The van der Waals surface area contributed by atoms with Gasteiger partial charge in [-0.15, -0.1) is 0 Å². The van der Waals surface area contributed by atoms with Crippen molar-refractivity contribution < 1.29 is 9.15 Å². The molecule has 0 aliphatic heterocycles. The molecule has 90 valence electrons. The van der Waals surface area contributed by atoms with Gasteiger partial charge in [0.25, 0.3) is 0 Å². The molecule has 0 aliphatic rings. The van der Waals surface area contributed by atoms with Crippen LogP contribution >= 0.6 is 0 Å². The zero-order chi connectivity index (χ0) is 12.1. The fourth-order valence-electron chi connectivity index (χ4n) is 1.66. The minimum Gasteiger partial charge on any atom is -0.472 e. The summed E-state index contributed by atoms with van der Waals surface area (Å²) in [7, 11) is 1.68. The third-order valence-electron chi connectivity index (χ3n) is 2.50. The van der Waals surface area contributed by atoms with Crippen molar-refractivity contribution in [3.8, 4) is 11.1 Å². The van der Waals surface area contributed by atoms with Gasteiger partial charge in [0.2, 0.25) is 0 Å². The topological polar surface area (TPSA) is 60.4 Å². The Kier molecular flexibility index (Phi) is 3.67. The predicted octanol–water partition coefficient (Wildman–Crippen LogP) is 2.59. The monoisotopic (exact) mass is 232 g/mol. The Morgan fingerprint density at radius 1 is 1.35 bits per heavy atom. The van der Waals surface area contributed by atoms with E-state index in [1.165, 1.54) is 0 Å². The standard InChI is InChI=1S/C13H16N2O2/c1-16-7-5-15-13-3-2-11(14)8-12(13)10-4-6-17-9-10/h2-4,6,8-9,15H,5,7,14H2,1H3. The number of benzene rings is 1. The van der Waals surface area contributed by atoms with Gasteiger partial charge in [0.15, 0.2) is 0 Å². The number of hydrogen-bond acceptors (Lipinski definition) is 4. The first-order valence-corrected chi connectivity index (χ1v) is 5.46. The highest BCUT2D eigenvalue weighted by molar-refractivity contribution is 5.80. The number of rotatable bonds is 5. The van der Waals surface area contributed by atoms with Gasteiger partial charge in [-0.25, -0.2) is 0 Å². The molecule has 0 saturated carbocycles. The summed E-state index contributed by atoms with van der Waals surface area (Å²) in [6, 6.07) is 7.68. The number of ether oxygens (including phenoxy) is 1. The molecule has 4 heteroatoms. The van der Waals surface area contributed by atoms with Crippen LogP contribution in [0.2, 0.25) is 0 Å². The van der Waals surface area contributed by atoms with E-state index < -0.39 is 0 Å². The lowest BCUT2D eigenvalue weighted by Crippen LogP contribution is -2.08. The van der Waals surface area contributed by atoms with E-state index >= 15 is 0 Å². The molecule has 1 aromatic heterocycles. The molecule has 4 nitrogen and oxygen atoms in total. The Labute approximate surface area is 100 Å². The third-order valence-corrected chi connectivity index (χ3v) is 2.50. The first-order valence-electron chi connectivity index (χ1n) is 5.46. The van der Waals surface area contributed by atoms with Crippen LogP contribution in [-0.2, 0) is 4.74 Å². The molecule has 3 N–H and O–H groups in total. The van der Waals surface area contributed by atoms with E-state index in [1.54, 1.807) is 19.6 Å². The Hall–Kier alpha value is -1.94. The number of anilines is 2. The van der Waals surface area contributed by atoms with Crippen LogP contribution in [0.4, 0.5) is 11.4 Å². The molecule has 1 heterocycles. The largest absolute Gasteiger partial charge is 0.472 e. The summed E-state index contributed by atoms with van der Waals surface area (Å²) >= 11 is 0. The maximum absolute atomic E-state index is 5.81. The zero-order valence-electron chi connectivity index (χ0n) is 9.77. The van der Waals surface area contributed by atoms with Crippen LogP contribution in [-0.4, -0.2) is 20.3 Å². The number of methoxy groups -OCH3 is 1. The van der Waals surface area contributed by atoms with Crippen molar-refractivity contribution in [2.75, 3.05) is 31.3 Å². The summed E-state index contributed by atoms with van der Waals surface area (Å²) in [5, 5.41) is 3.31. The van der Waals surface area contributed by atoms with Gasteiger partial charge in [0.05, 0.1) is 19.1 Å². The number of nitrogens with two attached hydrogens (primary N) is 1. The van der Waals surface area contributed by atoms with Crippen LogP contribution in [0.3, 0.4) is 0 Å². The molecule has 2 aromatic rings. The van der Waals surface area contributed by atoms with E-state index in [4.69, 9.17) is 14.9 Å². The van der Waals surface area contributed by atoms with Crippen molar-refractivity contribution in [2.45, 2.75) is 0 Å². The Bertz CT molecular complexity index is 466. The number of furan rings is 1. The maximum atomic E-state index is 5.81. The molecule has 0 unspecified atom stereocenters. The van der Waals surface area contributed by atoms with E-state index in [9.17, 15) is 0 Å². The molecular weight excluding hydrogens is 216 g/mol. The summed E-state index contributed by atoms with van der Waals surface area (Å²) in [4.78, 5) is 0. The van der Waals surface area contributed by atoms with E-state index in [0.29, 0.717) is 6.61 Å². The average molecular weight is 232 g/mol. The Morgan fingerprint density at radius 3 is 2.94 bits per heavy atom. The van der Waals surface area contributed by atoms with Gasteiger partial charge < -0.3 is 20.2 Å². The van der Waals surface area contributed by atoms with Crippen LogP contribution < -0.4 is 11.1 Å². The molecule has 0 amide bonds. The lowest BCUT2D eigenvalue weighted by Gasteiger charge is -2.11. The highest BCUT2D eigenvalue weighted by Crippen LogP contribution is 2.30. The van der Waals surface area contributed by atoms with Crippen molar-refractivity contribution in [1.82, 2.24) is 0 Å². The fourth-order valence-corrected chi connectivity index (χ4v) is 1.66. The maximum Gasteiger partial charge on any atom is 0.0981 e. The molecule has 1 aromatic carbocycles. The minimum atomic E-state index is 0.662. The van der Waals surface area contributed by atoms with Crippen LogP contribution in [0.15, 0.2) is 41.2 Å². The van der Waals surface area contributed by atoms with Crippen LogP contribution in [0.1, 0.15) is 0 Å². The van der Waals surface area contributed by atoms with Crippen molar-refractivity contribution in [3.63, 3.8) is 0 Å². The SMILES string of the molecule is COCCNc1ccc(N)cc1-c1ccoc1. The number of hydrogen-bond donors (Lipinski definition) is 2. The normalized spacial score (nSPS) is 10.4. The molecular formula is C13H16N2O2. The van der Waals surface area contributed by atoms with Crippen molar-refractivity contribution >= 4 is 11.4 Å². The first-order chi connectivity index (χ1) is 8.31. The van der Waals surface area contributed by atoms with Gasteiger partial charge in [-0.05, 0) is 24.3 Å². The zero-order valence-corrected chi connectivity index (χ0v) is 9.77. The quantitative estimate of drug-likeness (QED) is 0.614. The van der Waals surface area contributed by atoms with Crippen molar-refractivity contribution in [3.05, 3.63) is 36.8 Å². The fraction of sp³-hybridized carbons (Fsp3) is 0.231. The van der Waals surface area contributed by atoms with Gasteiger partial charge in [0.1, 0.15) is 0 Å². The van der Waals surface area contributed by atoms with Crippen molar-refractivity contribution in [2.24, 2.45) is 0 Å². The highest BCUT2D eigenvalue weighted by Gasteiger charge is 2.06. The molecule has 0 saturated heterocycles. The second-order valence-corrected chi connectivity index (χ2v) is 3.74. The summed E-state index contributed by atoms with van der Waals surface area (Å²) in [6.07, 6.45) is 3.35. The number of nitrogen functional groups attached to an aromatic ring is 1. The van der Waals surface area contributed by atoms with Gasteiger partial charge in [-0.2, -0.15) is 0 Å². The molecule has 0 radical (unpaired) electrons. The second kappa shape index (κ2) is 5.41. The molecule has 0 aliphatic carbocycles. The highest BCUT2D eigenvalue weighted by atomic mass is 16.5. The molecule has 0 fully saturated rings. The molecule has 2 rings (SSSR count). The van der Waals surface area contributed by atoms with Gasteiger partial charge in [0, 0.05) is 36.2 Å². The van der Waals surface area contributed by atoms with E-state index in [0.717, 1.165) is 29.0 Å². The second-order valence-electron chi connectivity index (χ2n) is 3.74. The van der Waals surface area contributed by atoms with E-state index in [1.807, 2.05) is 24.3 Å². The van der Waals surface area contributed by atoms with Gasteiger partial charge in [-0.1, -0.05) is 0 Å². The minimum absolute atomic E-state index is 0.662. The summed E-state index contributed by atoms with van der Waals surface area (Å²) < 4.78 is 10.1. The Balaban J connectivity index is 2.25. The smallest absolute Gasteiger partial charge is 0.0981 e. The van der Waals surface area contributed by atoms with Gasteiger partial charge >= 0.3 is 0 Å². The van der Waals surface area contributed by atoms with Crippen molar-refractivity contribution in [1.29, 1.82) is 0 Å². The van der Waals surface area contributed by atoms with Gasteiger partial charge in [-0.3, -0.25) is 0 Å². The molecule has 0 atom stereocenters. The first kappa shape index (κ1) is 11.5. The van der Waals surface area contributed by atoms with Crippen LogP contribution in [0, 0.1) is 0 Å². The number of nitrogens with one attached hydrogen (secondary N) is 1. The average Bonchev–Trinajstić information content (AvgIpc) is 2.85. The van der Waals surface area contributed by atoms with E-state index in [-0.39, 0.29) is 0 Å². The summed E-state index contributed by atoms with van der Waals surface area (Å²) in [6.45, 7) is 1.42. The lowest BCUT2D eigenvalue weighted by molar-refractivity contribution is 0.211. The van der Waals surface area contributed by atoms with Crippen LogP contribution in [0.25, 0.3) is 11.1 Å². The third kappa shape index (κ3) is 2.79. The summed E-state index contributed by atoms with van der Waals surface area (Å²) in [5.74, 6) is 0. The molecule has 17 heavy (non-hydrogen) atoms.